The van der Waals surface area contributed by atoms with E-state index < -0.39 is 0 Å². The number of amides is 1. The molecule has 0 aliphatic rings. The van der Waals surface area contributed by atoms with Crippen LogP contribution in [-0.4, -0.2) is 39.2 Å². The largest absolute Gasteiger partial charge is 0.493 e. The van der Waals surface area contributed by atoms with Gasteiger partial charge >= 0.3 is 0 Å². The molecule has 3 N–H and O–H groups in total. The fraction of sp³-hybridized carbons (Fsp3) is 0.429. The van der Waals surface area contributed by atoms with Gasteiger partial charge in [0.1, 0.15) is 0 Å². The summed E-state index contributed by atoms with van der Waals surface area (Å²) in [6.45, 7) is 5.88. The summed E-state index contributed by atoms with van der Waals surface area (Å²) in [6.07, 6.45) is 1.06. The van der Waals surface area contributed by atoms with Gasteiger partial charge in [0, 0.05) is 29.9 Å². The summed E-state index contributed by atoms with van der Waals surface area (Å²) in [7, 11) is 3.33. The van der Waals surface area contributed by atoms with Crippen molar-refractivity contribution in [2.75, 3.05) is 27.3 Å². The summed E-state index contributed by atoms with van der Waals surface area (Å²) in [5, 5.41) is 9.32. The first-order valence-electron chi connectivity index (χ1n) is 9.68. The summed E-state index contributed by atoms with van der Waals surface area (Å²) in [4.78, 5) is 18.5. The number of guanidine groups is 1. The van der Waals surface area contributed by atoms with E-state index in [2.05, 4.69) is 40.0 Å². The van der Waals surface area contributed by atoms with Crippen molar-refractivity contribution in [3.8, 4) is 11.5 Å². The molecule has 7 nitrogen and oxygen atoms in total. The molecule has 1 aromatic heterocycles. The molecule has 29 heavy (non-hydrogen) atoms. The van der Waals surface area contributed by atoms with E-state index in [1.165, 1.54) is 9.75 Å². The number of carbonyl (C=O) groups excluding carboxylic acids is 1. The number of hydrogen-bond acceptors (Lipinski definition) is 5. The Kier molecular flexibility index (Phi) is 9.30. The van der Waals surface area contributed by atoms with Crippen molar-refractivity contribution in [2.24, 2.45) is 4.99 Å². The van der Waals surface area contributed by atoms with Gasteiger partial charge in [0.05, 0.1) is 13.7 Å². The topological polar surface area (TPSA) is 84.0 Å². The Morgan fingerprint density at radius 3 is 2.45 bits per heavy atom. The molecule has 0 saturated carbocycles. The zero-order chi connectivity index (χ0) is 21.1. The SMILES string of the molecule is CCNC(=O)COc1ccc(CNC(=NC)NCc2ccc(CC)s2)cc1OC. The van der Waals surface area contributed by atoms with Crippen LogP contribution in [0.15, 0.2) is 35.3 Å². The standard InChI is InChI=1S/C21H30N4O3S/c1-5-16-8-9-17(29-16)13-25-21(22-3)24-12-15-7-10-18(19(11-15)27-4)28-14-20(26)23-6-2/h7-11H,5-6,12-14H2,1-4H3,(H,23,26)(H2,22,24,25). The zero-order valence-electron chi connectivity index (χ0n) is 17.5. The van der Waals surface area contributed by atoms with Gasteiger partial charge in [-0.05, 0) is 43.2 Å². The Morgan fingerprint density at radius 2 is 1.79 bits per heavy atom. The molecule has 0 unspecified atom stereocenters. The van der Waals surface area contributed by atoms with Gasteiger partial charge in [0.25, 0.3) is 5.91 Å². The van der Waals surface area contributed by atoms with Gasteiger partial charge in [-0.15, -0.1) is 11.3 Å². The number of ether oxygens (including phenoxy) is 2. The third kappa shape index (κ3) is 7.30. The molecule has 0 atom stereocenters. The van der Waals surface area contributed by atoms with Crippen LogP contribution in [0.25, 0.3) is 0 Å². The first-order chi connectivity index (χ1) is 14.1. The van der Waals surface area contributed by atoms with Crippen molar-refractivity contribution in [1.29, 1.82) is 0 Å². The maximum Gasteiger partial charge on any atom is 0.257 e. The number of methoxy groups -OCH3 is 1. The second-order valence-corrected chi connectivity index (χ2v) is 7.48. The third-order valence-corrected chi connectivity index (χ3v) is 5.37. The molecule has 2 aromatic rings. The molecule has 0 saturated heterocycles. The molecule has 0 aliphatic heterocycles. The van der Waals surface area contributed by atoms with Crippen LogP contribution in [0.3, 0.4) is 0 Å². The van der Waals surface area contributed by atoms with Gasteiger partial charge in [0.15, 0.2) is 24.1 Å². The van der Waals surface area contributed by atoms with E-state index in [0.29, 0.717) is 24.6 Å². The molecule has 2 rings (SSSR count). The van der Waals surface area contributed by atoms with Crippen molar-refractivity contribution in [3.63, 3.8) is 0 Å². The number of thiophene rings is 1. The lowest BCUT2D eigenvalue weighted by molar-refractivity contribution is -0.123. The van der Waals surface area contributed by atoms with Crippen LogP contribution >= 0.6 is 11.3 Å². The molecular formula is C21H30N4O3S. The highest BCUT2D eigenvalue weighted by Crippen LogP contribution is 2.28. The molecule has 1 amide bonds. The molecule has 0 radical (unpaired) electrons. The highest BCUT2D eigenvalue weighted by atomic mass is 32.1. The smallest absolute Gasteiger partial charge is 0.257 e. The van der Waals surface area contributed by atoms with Crippen LogP contribution in [0.5, 0.6) is 11.5 Å². The van der Waals surface area contributed by atoms with E-state index in [0.717, 1.165) is 24.5 Å². The van der Waals surface area contributed by atoms with Gasteiger partial charge < -0.3 is 25.4 Å². The summed E-state index contributed by atoms with van der Waals surface area (Å²) in [5.41, 5.74) is 1.01. The summed E-state index contributed by atoms with van der Waals surface area (Å²) in [6, 6.07) is 9.94. The van der Waals surface area contributed by atoms with Crippen LogP contribution in [0.2, 0.25) is 0 Å². The number of benzene rings is 1. The van der Waals surface area contributed by atoms with Crippen molar-refractivity contribution in [1.82, 2.24) is 16.0 Å². The maximum absolute atomic E-state index is 11.6. The number of aryl methyl sites for hydroxylation is 1. The van der Waals surface area contributed by atoms with E-state index in [1.807, 2.05) is 36.5 Å². The van der Waals surface area contributed by atoms with Crippen LogP contribution in [-0.2, 0) is 24.3 Å². The number of nitrogens with one attached hydrogen (secondary N) is 3. The van der Waals surface area contributed by atoms with E-state index in [4.69, 9.17) is 9.47 Å². The summed E-state index contributed by atoms with van der Waals surface area (Å²) in [5.74, 6) is 1.69. The number of carbonyl (C=O) groups is 1. The number of aliphatic imine (C=N–C) groups is 1. The van der Waals surface area contributed by atoms with Gasteiger partial charge in [-0.3, -0.25) is 9.79 Å². The highest BCUT2D eigenvalue weighted by Gasteiger charge is 2.09. The number of hydrogen-bond donors (Lipinski definition) is 3. The lowest BCUT2D eigenvalue weighted by Gasteiger charge is -2.14. The van der Waals surface area contributed by atoms with Crippen LogP contribution in [0.1, 0.15) is 29.2 Å². The minimum atomic E-state index is -0.160. The summed E-state index contributed by atoms with van der Waals surface area (Å²) >= 11 is 1.81. The third-order valence-electron chi connectivity index (χ3n) is 4.14. The van der Waals surface area contributed by atoms with Gasteiger partial charge in [-0.1, -0.05) is 13.0 Å². The number of nitrogens with zero attached hydrogens (tertiary/aromatic N) is 1. The molecule has 0 spiro atoms. The average Bonchev–Trinajstić information content (AvgIpc) is 3.21. The Bertz CT molecular complexity index is 820. The first-order valence-corrected chi connectivity index (χ1v) is 10.5. The normalized spacial score (nSPS) is 11.1. The molecule has 0 fully saturated rings. The molecular weight excluding hydrogens is 388 g/mol. The van der Waals surface area contributed by atoms with Crippen LogP contribution in [0, 0.1) is 0 Å². The quantitative estimate of drug-likeness (QED) is 0.408. The minimum absolute atomic E-state index is 0.0409. The van der Waals surface area contributed by atoms with E-state index in [-0.39, 0.29) is 12.5 Å². The first kappa shape index (κ1) is 22.5. The summed E-state index contributed by atoms with van der Waals surface area (Å²) < 4.78 is 11.0. The molecule has 8 heteroatoms. The average molecular weight is 419 g/mol. The van der Waals surface area contributed by atoms with Crippen molar-refractivity contribution in [2.45, 2.75) is 33.4 Å². The Labute approximate surface area is 176 Å². The second kappa shape index (κ2) is 12.0. The Morgan fingerprint density at radius 1 is 1.03 bits per heavy atom. The van der Waals surface area contributed by atoms with Gasteiger partial charge in [-0.25, -0.2) is 0 Å². The molecule has 0 aliphatic carbocycles. The van der Waals surface area contributed by atoms with Crippen molar-refractivity contribution in [3.05, 3.63) is 45.6 Å². The van der Waals surface area contributed by atoms with Crippen molar-refractivity contribution < 1.29 is 14.3 Å². The van der Waals surface area contributed by atoms with E-state index in [9.17, 15) is 4.79 Å². The highest BCUT2D eigenvalue weighted by molar-refractivity contribution is 7.11. The van der Waals surface area contributed by atoms with E-state index >= 15 is 0 Å². The predicted octanol–water partition coefficient (Wildman–Crippen LogP) is 2.70. The zero-order valence-corrected chi connectivity index (χ0v) is 18.3. The van der Waals surface area contributed by atoms with Crippen LogP contribution in [0.4, 0.5) is 0 Å². The fourth-order valence-electron chi connectivity index (χ4n) is 2.62. The van der Waals surface area contributed by atoms with E-state index in [1.54, 1.807) is 14.2 Å². The lowest BCUT2D eigenvalue weighted by atomic mass is 10.2. The van der Waals surface area contributed by atoms with Gasteiger partial charge in [-0.2, -0.15) is 0 Å². The lowest BCUT2D eigenvalue weighted by Crippen LogP contribution is -2.36. The number of likely N-dealkylation sites (N-methyl/N-ethyl adjacent to an activating group) is 1. The van der Waals surface area contributed by atoms with Crippen molar-refractivity contribution >= 4 is 23.2 Å². The molecule has 0 bridgehead atoms. The second-order valence-electron chi connectivity index (χ2n) is 6.23. The Hall–Kier alpha value is -2.74. The molecule has 1 heterocycles. The number of rotatable bonds is 10. The molecule has 1 aromatic carbocycles. The van der Waals surface area contributed by atoms with Crippen LogP contribution < -0.4 is 25.4 Å². The van der Waals surface area contributed by atoms with Gasteiger partial charge in [0.2, 0.25) is 0 Å². The Balaban J connectivity index is 1.88. The monoisotopic (exact) mass is 418 g/mol. The maximum atomic E-state index is 11.6. The minimum Gasteiger partial charge on any atom is -0.493 e. The predicted molar refractivity (Wildman–Crippen MR) is 118 cm³/mol. The fourth-order valence-corrected chi connectivity index (χ4v) is 3.51. The molecule has 158 valence electrons.